The highest BCUT2D eigenvalue weighted by molar-refractivity contribution is 7.07. The lowest BCUT2D eigenvalue weighted by Gasteiger charge is -2.27. The van der Waals surface area contributed by atoms with E-state index >= 15 is 0 Å². The summed E-state index contributed by atoms with van der Waals surface area (Å²) in [5.41, 5.74) is 2.77. The minimum Gasteiger partial charge on any atom is -0.496 e. The highest BCUT2D eigenvalue weighted by atomic mass is 32.1. The van der Waals surface area contributed by atoms with Crippen LogP contribution in [0.2, 0.25) is 0 Å². The van der Waals surface area contributed by atoms with Gasteiger partial charge in [0.1, 0.15) is 17.5 Å². The Morgan fingerprint density at radius 1 is 0.881 bits per heavy atom. The van der Waals surface area contributed by atoms with E-state index in [-0.39, 0.29) is 17.7 Å². The molecule has 6 rings (SSSR count). The summed E-state index contributed by atoms with van der Waals surface area (Å²) in [5.74, 6) is 0.771. The zero-order chi connectivity index (χ0) is 29.2. The van der Waals surface area contributed by atoms with Crippen LogP contribution in [0.25, 0.3) is 22.5 Å². The fourth-order valence-electron chi connectivity index (χ4n) is 5.37. The quantitative estimate of drug-likeness (QED) is 0.252. The molecule has 210 valence electrons. The van der Waals surface area contributed by atoms with Crippen molar-refractivity contribution in [1.29, 1.82) is 0 Å². The molecule has 0 N–H and O–H groups in total. The zero-order valence-electron chi connectivity index (χ0n) is 23.4. The molecule has 1 unspecified atom stereocenters. The van der Waals surface area contributed by atoms with Gasteiger partial charge in [0.15, 0.2) is 4.80 Å². The Kier molecular flexibility index (Phi) is 7.46. The summed E-state index contributed by atoms with van der Waals surface area (Å²) < 4.78 is 18.9. The van der Waals surface area contributed by atoms with Crippen molar-refractivity contribution in [3.8, 4) is 11.5 Å². The van der Waals surface area contributed by atoms with Crippen molar-refractivity contribution < 1.29 is 19.0 Å². The summed E-state index contributed by atoms with van der Waals surface area (Å²) in [6, 6.07) is 27.8. The van der Waals surface area contributed by atoms with Crippen molar-refractivity contribution in [2.75, 3.05) is 20.8 Å². The van der Waals surface area contributed by atoms with Gasteiger partial charge in [0.05, 0.1) is 36.6 Å². The van der Waals surface area contributed by atoms with E-state index in [4.69, 9.17) is 19.2 Å². The molecule has 1 aliphatic heterocycles. The molecule has 0 radical (unpaired) electrons. The molecular formula is C34H28N2O5S. The van der Waals surface area contributed by atoms with Crippen LogP contribution < -0.4 is 24.4 Å². The third kappa shape index (κ3) is 4.69. The van der Waals surface area contributed by atoms with Crippen LogP contribution in [0.1, 0.15) is 29.7 Å². The molecule has 5 aromatic rings. The number of ether oxygens (including phenoxy) is 3. The number of para-hydroxylation sites is 1. The van der Waals surface area contributed by atoms with Gasteiger partial charge in [-0.1, -0.05) is 90.2 Å². The zero-order valence-corrected chi connectivity index (χ0v) is 24.2. The molecule has 4 aromatic carbocycles. The smallest absolute Gasteiger partial charge is 0.338 e. The number of carbonyl (C=O) groups is 1. The second kappa shape index (κ2) is 11.5. The molecule has 8 heteroatoms. The van der Waals surface area contributed by atoms with E-state index in [0.717, 1.165) is 27.6 Å². The number of aromatic nitrogens is 1. The molecule has 1 atom stereocenters. The molecule has 1 aromatic heterocycles. The van der Waals surface area contributed by atoms with Crippen molar-refractivity contribution >= 4 is 39.9 Å². The molecule has 0 saturated carbocycles. The fraction of sp³-hybridized carbons (Fsp3) is 0.147. The average molecular weight is 577 g/mol. The third-order valence-corrected chi connectivity index (χ3v) is 8.21. The molecule has 0 amide bonds. The molecule has 0 saturated heterocycles. The predicted octanol–water partition coefficient (Wildman–Crippen LogP) is 5.11. The number of fused-ring (bicyclic) bond motifs is 2. The standard InChI is InChI=1S/C34H28N2O5S/c1-4-41-33(38)29-30(21-12-6-5-7-13-21)35-34-36(31(29)25-16-10-11-17-26(25)39-2)32(37)28(42-34)20-22-18-19-27(40-3)24-15-9-8-14-23(22)24/h5-20,31H,4H2,1-3H3. The van der Waals surface area contributed by atoms with Gasteiger partial charge in [-0.05, 0) is 36.1 Å². The number of hydrogen-bond acceptors (Lipinski definition) is 7. The molecule has 0 aliphatic carbocycles. The number of carbonyl (C=O) groups excluding carboxylic acids is 1. The van der Waals surface area contributed by atoms with Crippen LogP contribution in [0, 0.1) is 0 Å². The first kappa shape index (κ1) is 27.2. The van der Waals surface area contributed by atoms with Crippen LogP contribution in [0.5, 0.6) is 11.5 Å². The SMILES string of the molecule is CCOC(=O)C1=C(c2ccccc2)N=c2sc(=Cc3ccc(OC)c4ccccc34)c(=O)n2C1c1ccccc1OC. The summed E-state index contributed by atoms with van der Waals surface area (Å²) in [7, 11) is 3.21. The predicted molar refractivity (Wildman–Crippen MR) is 165 cm³/mol. The first-order chi connectivity index (χ1) is 20.5. The third-order valence-electron chi connectivity index (χ3n) is 7.23. The molecule has 0 spiro atoms. The van der Waals surface area contributed by atoms with Crippen LogP contribution in [0.4, 0.5) is 0 Å². The van der Waals surface area contributed by atoms with Crippen molar-refractivity contribution in [2.24, 2.45) is 4.99 Å². The Balaban J connectivity index is 1.67. The van der Waals surface area contributed by atoms with Crippen LogP contribution in [0.3, 0.4) is 0 Å². The lowest BCUT2D eigenvalue weighted by atomic mass is 9.92. The fourth-order valence-corrected chi connectivity index (χ4v) is 6.36. The second-order valence-corrected chi connectivity index (χ2v) is 10.6. The lowest BCUT2D eigenvalue weighted by Crippen LogP contribution is -2.40. The first-order valence-corrected chi connectivity index (χ1v) is 14.3. The van der Waals surface area contributed by atoms with Gasteiger partial charge in [-0.3, -0.25) is 9.36 Å². The van der Waals surface area contributed by atoms with Gasteiger partial charge in [-0.25, -0.2) is 9.79 Å². The molecule has 0 bridgehead atoms. The van der Waals surface area contributed by atoms with Crippen LogP contribution in [0.15, 0.2) is 106 Å². The van der Waals surface area contributed by atoms with Gasteiger partial charge >= 0.3 is 5.97 Å². The Morgan fingerprint density at radius 3 is 2.31 bits per heavy atom. The molecule has 1 aliphatic rings. The van der Waals surface area contributed by atoms with E-state index in [9.17, 15) is 9.59 Å². The van der Waals surface area contributed by atoms with Crippen molar-refractivity contribution in [3.63, 3.8) is 0 Å². The molecule has 42 heavy (non-hydrogen) atoms. The Labute approximate surface area is 246 Å². The lowest BCUT2D eigenvalue weighted by molar-refractivity contribution is -0.138. The number of rotatable bonds is 7. The van der Waals surface area contributed by atoms with E-state index in [2.05, 4.69) is 0 Å². The maximum Gasteiger partial charge on any atom is 0.338 e. The largest absolute Gasteiger partial charge is 0.496 e. The minimum atomic E-state index is -0.818. The minimum absolute atomic E-state index is 0.179. The number of thiazole rings is 1. The molecule has 2 heterocycles. The van der Waals surface area contributed by atoms with Gasteiger partial charge in [0, 0.05) is 16.5 Å². The van der Waals surface area contributed by atoms with Gasteiger partial charge < -0.3 is 14.2 Å². The Bertz CT molecular complexity index is 2020. The van der Waals surface area contributed by atoms with E-state index in [1.807, 2.05) is 97.1 Å². The van der Waals surface area contributed by atoms with Gasteiger partial charge in [0.2, 0.25) is 0 Å². The van der Waals surface area contributed by atoms with Crippen LogP contribution in [-0.4, -0.2) is 31.4 Å². The molecule has 0 fully saturated rings. The number of esters is 1. The van der Waals surface area contributed by atoms with Crippen LogP contribution in [-0.2, 0) is 9.53 Å². The van der Waals surface area contributed by atoms with E-state index in [1.165, 1.54) is 11.3 Å². The summed E-state index contributed by atoms with van der Waals surface area (Å²) >= 11 is 1.28. The molecular weight excluding hydrogens is 548 g/mol. The van der Waals surface area contributed by atoms with Gasteiger partial charge in [-0.2, -0.15) is 0 Å². The monoisotopic (exact) mass is 576 g/mol. The number of nitrogens with zero attached hydrogens (tertiary/aromatic N) is 2. The maximum absolute atomic E-state index is 14.3. The van der Waals surface area contributed by atoms with E-state index < -0.39 is 12.0 Å². The van der Waals surface area contributed by atoms with E-state index in [1.54, 1.807) is 25.7 Å². The van der Waals surface area contributed by atoms with Gasteiger partial charge in [0.25, 0.3) is 5.56 Å². The highest BCUT2D eigenvalue weighted by Crippen LogP contribution is 2.38. The number of benzene rings is 4. The van der Waals surface area contributed by atoms with Crippen molar-refractivity contribution in [1.82, 2.24) is 4.57 Å². The normalized spacial score (nSPS) is 14.8. The van der Waals surface area contributed by atoms with Crippen LogP contribution >= 0.6 is 11.3 Å². The first-order valence-electron chi connectivity index (χ1n) is 13.5. The van der Waals surface area contributed by atoms with E-state index in [0.29, 0.717) is 26.3 Å². The Morgan fingerprint density at radius 2 is 1.57 bits per heavy atom. The summed E-state index contributed by atoms with van der Waals surface area (Å²) in [4.78, 5) is 33.4. The summed E-state index contributed by atoms with van der Waals surface area (Å²) in [5, 5.41) is 1.91. The topological polar surface area (TPSA) is 79.1 Å². The highest BCUT2D eigenvalue weighted by Gasteiger charge is 2.36. The second-order valence-electron chi connectivity index (χ2n) is 9.58. The number of methoxy groups -OCH3 is 2. The maximum atomic E-state index is 14.3. The number of hydrogen-bond donors (Lipinski definition) is 0. The summed E-state index contributed by atoms with van der Waals surface area (Å²) in [6.45, 7) is 1.94. The summed E-state index contributed by atoms with van der Waals surface area (Å²) in [6.07, 6.45) is 1.88. The van der Waals surface area contributed by atoms with Crippen molar-refractivity contribution in [2.45, 2.75) is 13.0 Å². The van der Waals surface area contributed by atoms with Crippen molar-refractivity contribution in [3.05, 3.63) is 133 Å². The van der Waals surface area contributed by atoms with Gasteiger partial charge in [-0.15, -0.1) is 0 Å². The molecule has 7 nitrogen and oxygen atoms in total. The average Bonchev–Trinajstić information content (AvgIpc) is 3.35. The Hall–Kier alpha value is -4.95.